The van der Waals surface area contributed by atoms with Gasteiger partial charge >= 0.3 is 0 Å². The third kappa shape index (κ3) is 2.78. The minimum Gasteiger partial charge on any atom is -0.389 e. The van der Waals surface area contributed by atoms with Gasteiger partial charge in [0.1, 0.15) is 16.6 Å². The number of aromatic nitrogens is 3. The van der Waals surface area contributed by atoms with Gasteiger partial charge in [0, 0.05) is 54.1 Å². The lowest BCUT2D eigenvalue weighted by Gasteiger charge is -2.40. The Kier molecular flexibility index (Phi) is 4.34. The molecule has 0 aliphatic carbocycles. The zero-order valence-corrected chi connectivity index (χ0v) is 19.5. The van der Waals surface area contributed by atoms with Crippen molar-refractivity contribution < 1.29 is 13.5 Å². The fourth-order valence-electron chi connectivity index (χ4n) is 5.75. The minimum absolute atomic E-state index is 0.0965. The second kappa shape index (κ2) is 7.27. The van der Waals surface area contributed by atoms with Crippen molar-refractivity contribution in [1.82, 2.24) is 19.9 Å². The maximum absolute atomic E-state index is 16.4. The van der Waals surface area contributed by atoms with Crippen molar-refractivity contribution in [2.24, 2.45) is 5.92 Å². The van der Waals surface area contributed by atoms with Crippen molar-refractivity contribution in [2.75, 3.05) is 37.3 Å². The molecule has 3 aromatic heterocycles. The van der Waals surface area contributed by atoms with E-state index in [1.54, 1.807) is 6.20 Å². The molecule has 2 saturated heterocycles. The van der Waals surface area contributed by atoms with Gasteiger partial charge in [-0.25, -0.2) is 18.7 Å². The van der Waals surface area contributed by atoms with Gasteiger partial charge in [-0.3, -0.25) is 4.98 Å². The fourth-order valence-corrected chi connectivity index (χ4v) is 6.68. The van der Waals surface area contributed by atoms with Crippen LogP contribution in [0.25, 0.3) is 32.2 Å². The van der Waals surface area contributed by atoms with Gasteiger partial charge in [-0.1, -0.05) is 0 Å². The molecular formula is C24H19F2N7OS. The molecule has 2 N–H and O–H groups in total. The van der Waals surface area contributed by atoms with Crippen LogP contribution in [-0.4, -0.2) is 52.6 Å². The Bertz CT molecular complexity index is 1610. The summed E-state index contributed by atoms with van der Waals surface area (Å²) in [7, 11) is 2.10. The van der Waals surface area contributed by atoms with Crippen LogP contribution < -0.4 is 10.6 Å². The number of nitrogens with zero attached hydrogens (tertiary/aromatic N) is 6. The van der Waals surface area contributed by atoms with Crippen molar-refractivity contribution >= 4 is 43.3 Å². The van der Waals surface area contributed by atoms with Gasteiger partial charge in [0.2, 0.25) is 5.95 Å². The molecular weight excluding hydrogens is 472 g/mol. The number of likely N-dealkylation sites (N-methyl/N-ethyl adjacent to an activating group) is 1. The van der Waals surface area contributed by atoms with E-state index < -0.39 is 11.6 Å². The molecule has 35 heavy (non-hydrogen) atoms. The van der Waals surface area contributed by atoms with E-state index in [1.807, 2.05) is 6.07 Å². The molecule has 0 radical (unpaired) electrons. The average Bonchev–Trinajstić information content (AvgIpc) is 3.55. The van der Waals surface area contributed by atoms with Crippen molar-refractivity contribution in [3.05, 3.63) is 40.7 Å². The summed E-state index contributed by atoms with van der Waals surface area (Å²) in [5.74, 6) is -0.132. The largest absolute Gasteiger partial charge is 0.389 e. The highest BCUT2D eigenvalue weighted by atomic mass is 32.1. The van der Waals surface area contributed by atoms with E-state index in [2.05, 4.69) is 31.8 Å². The van der Waals surface area contributed by atoms with Crippen LogP contribution in [0.3, 0.4) is 0 Å². The Morgan fingerprint density at radius 2 is 2.00 bits per heavy atom. The summed E-state index contributed by atoms with van der Waals surface area (Å²) in [6.45, 7) is 3.12. The van der Waals surface area contributed by atoms with E-state index in [0.717, 1.165) is 42.7 Å². The molecule has 6 heterocycles. The smallest absolute Gasteiger partial charge is 0.226 e. The standard InChI is InChI=1S/C24H19F2N7OS/c1-32-5-10-6-33(7-16(10)32)24-30-3-12-13-8-34-9-14(13)17(19(26)20(12)31-24)21-18-11(2-27)23(28)35-22(18)15(25)4-29-21/h3-4,10,16H,5-9,28H2,1H3/t10-,16+/m1/s1. The monoisotopic (exact) mass is 491 g/mol. The van der Waals surface area contributed by atoms with Gasteiger partial charge in [-0.05, 0) is 18.2 Å². The number of pyridine rings is 1. The number of thiophene rings is 1. The number of hydrogen-bond acceptors (Lipinski definition) is 9. The third-order valence-electron chi connectivity index (χ3n) is 7.51. The van der Waals surface area contributed by atoms with Crippen LogP contribution in [0.2, 0.25) is 0 Å². The molecule has 11 heteroatoms. The van der Waals surface area contributed by atoms with Crippen LogP contribution in [-0.2, 0) is 18.0 Å². The first-order valence-corrected chi connectivity index (χ1v) is 12.1. The highest BCUT2D eigenvalue weighted by Crippen LogP contribution is 2.45. The number of nitriles is 1. The average molecular weight is 492 g/mol. The quantitative estimate of drug-likeness (QED) is 0.455. The maximum Gasteiger partial charge on any atom is 0.226 e. The van der Waals surface area contributed by atoms with E-state index in [-0.39, 0.29) is 50.6 Å². The van der Waals surface area contributed by atoms with Crippen molar-refractivity contribution in [3.63, 3.8) is 0 Å². The number of anilines is 2. The number of halogens is 2. The molecule has 4 aromatic rings. The summed E-state index contributed by atoms with van der Waals surface area (Å²) in [5, 5.41) is 10.7. The van der Waals surface area contributed by atoms with Gasteiger partial charge in [-0.15, -0.1) is 11.3 Å². The first-order valence-electron chi connectivity index (χ1n) is 11.3. The maximum atomic E-state index is 16.4. The SMILES string of the molecule is CN1C[C@@H]2CN(c3ncc4c5c(c(-c6ncc(F)c7sc(N)c(C#N)c67)c(F)c4n3)COC5)C[C@@H]21. The Balaban J connectivity index is 1.47. The van der Waals surface area contributed by atoms with Gasteiger partial charge < -0.3 is 20.3 Å². The number of hydrogen-bond donors (Lipinski definition) is 1. The summed E-state index contributed by atoms with van der Waals surface area (Å²) in [5.41, 5.74) is 8.01. The van der Waals surface area contributed by atoms with E-state index in [4.69, 9.17) is 10.5 Å². The number of ether oxygens (including phenoxy) is 1. The van der Waals surface area contributed by atoms with Gasteiger partial charge in [0.15, 0.2) is 11.6 Å². The second-order valence-corrected chi connectivity index (χ2v) is 10.4. The van der Waals surface area contributed by atoms with E-state index in [9.17, 15) is 9.65 Å². The van der Waals surface area contributed by atoms with E-state index in [1.165, 1.54) is 0 Å². The Labute approximate surface area is 202 Å². The zero-order valence-electron chi connectivity index (χ0n) is 18.7. The Morgan fingerprint density at radius 1 is 1.17 bits per heavy atom. The highest BCUT2D eigenvalue weighted by molar-refractivity contribution is 7.23. The number of benzene rings is 1. The molecule has 1 aromatic carbocycles. The van der Waals surface area contributed by atoms with Gasteiger partial charge in [0.05, 0.1) is 35.4 Å². The first kappa shape index (κ1) is 20.9. The summed E-state index contributed by atoms with van der Waals surface area (Å²) in [4.78, 5) is 17.9. The fraction of sp³-hybridized carbons (Fsp3) is 0.333. The molecule has 7 rings (SSSR count). The number of likely N-dealkylation sites (tertiary alicyclic amines) is 1. The lowest BCUT2D eigenvalue weighted by molar-refractivity contribution is 0.0827. The van der Waals surface area contributed by atoms with Crippen molar-refractivity contribution in [3.8, 4) is 17.3 Å². The van der Waals surface area contributed by atoms with Crippen LogP contribution in [0.4, 0.5) is 19.7 Å². The summed E-state index contributed by atoms with van der Waals surface area (Å²) in [6.07, 6.45) is 2.71. The molecule has 8 nitrogen and oxygen atoms in total. The second-order valence-electron chi connectivity index (χ2n) is 9.36. The molecule has 0 unspecified atom stereocenters. The normalized spacial score (nSPS) is 21.4. The minimum atomic E-state index is -0.603. The highest BCUT2D eigenvalue weighted by Gasteiger charge is 2.44. The topological polar surface area (TPSA) is 104 Å². The predicted molar refractivity (Wildman–Crippen MR) is 128 cm³/mol. The molecule has 0 amide bonds. The number of nitrogen functional groups attached to an aromatic ring is 1. The first-order chi connectivity index (χ1) is 17.0. The lowest BCUT2D eigenvalue weighted by Crippen LogP contribution is -2.52. The summed E-state index contributed by atoms with van der Waals surface area (Å²) < 4.78 is 36.8. The summed E-state index contributed by atoms with van der Waals surface area (Å²) >= 11 is 0.958. The number of fused-ring (bicyclic) bond motifs is 5. The van der Waals surface area contributed by atoms with Crippen LogP contribution in [0.15, 0.2) is 12.4 Å². The van der Waals surface area contributed by atoms with Gasteiger partial charge in [-0.2, -0.15) is 5.26 Å². The molecule has 176 valence electrons. The molecule has 3 aliphatic rings. The molecule has 2 fully saturated rings. The van der Waals surface area contributed by atoms with Crippen LogP contribution in [0.1, 0.15) is 16.7 Å². The Morgan fingerprint density at radius 3 is 2.77 bits per heavy atom. The van der Waals surface area contributed by atoms with Crippen molar-refractivity contribution in [1.29, 1.82) is 5.26 Å². The summed E-state index contributed by atoms with van der Waals surface area (Å²) in [6, 6.07) is 2.50. The van der Waals surface area contributed by atoms with Crippen LogP contribution in [0, 0.1) is 28.9 Å². The number of rotatable bonds is 2. The third-order valence-corrected chi connectivity index (χ3v) is 8.54. The van der Waals surface area contributed by atoms with Crippen molar-refractivity contribution in [2.45, 2.75) is 19.3 Å². The predicted octanol–water partition coefficient (Wildman–Crippen LogP) is 3.42. The zero-order chi connectivity index (χ0) is 24.0. The van der Waals surface area contributed by atoms with Crippen LogP contribution >= 0.6 is 11.3 Å². The molecule has 2 atom stereocenters. The van der Waals surface area contributed by atoms with Gasteiger partial charge in [0.25, 0.3) is 0 Å². The molecule has 0 spiro atoms. The number of nitrogens with two attached hydrogens (primary N) is 1. The molecule has 3 aliphatic heterocycles. The van der Waals surface area contributed by atoms with E-state index in [0.29, 0.717) is 28.9 Å². The molecule has 0 saturated carbocycles. The van der Waals surface area contributed by atoms with Crippen LogP contribution in [0.5, 0.6) is 0 Å². The molecule has 0 bridgehead atoms. The van der Waals surface area contributed by atoms with E-state index >= 15 is 4.39 Å². The Hall–Kier alpha value is -3.46. The lowest BCUT2D eigenvalue weighted by atomic mass is 9.93.